The van der Waals surface area contributed by atoms with Gasteiger partial charge in [0, 0.05) is 17.8 Å². The molecule has 0 aliphatic heterocycles. The molecule has 0 bridgehead atoms. The molecule has 1 aromatic carbocycles. The predicted octanol–water partition coefficient (Wildman–Crippen LogP) is 3.49. The molecule has 20 heavy (non-hydrogen) atoms. The Bertz CT molecular complexity index is 680. The van der Waals surface area contributed by atoms with Crippen molar-refractivity contribution < 1.29 is 4.74 Å². The van der Waals surface area contributed by atoms with E-state index in [1.807, 2.05) is 29.6 Å². The Balaban J connectivity index is 1.67. The summed E-state index contributed by atoms with van der Waals surface area (Å²) in [6, 6.07) is 7.99. The number of ether oxygens (including phenoxy) is 1. The maximum Gasteiger partial charge on any atom is 0.140 e. The molecule has 0 N–H and O–H groups in total. The lowest BCUT2D eigenvalue weighted by molar-refractivity contribution is 0.305. The Kier molecular flexibility index (Phi) is 3.69. The summed E-state index contributed by atoms with van der Waals surface area (Å²) in [6.45, 7) is 2.52. The zero-order valence-corrected chi connectivity index (χ0v) is 11.8. The van der Waals surface area contributed by atoms with Crippen LogP contribution < -0.4 is 4.74 Å². The minimum Gasteiger partial charge on any atom is -0.486 e. The Hall–Kier alpha value is -2.27. The van der Waals surface area contributed by atoms with Crippen LogP contribution in [0.25, 0.3) is 11.4 Å². The van der Waals surface area contributed by atoms with Crippen LogP contribution in [-0.4, -0.2) is 15.0 Å². The average molecular weight is 283 g/mol. The van der Waals surface area contributed by atoms with Gasteiger partial charge in [0.05, 0.1) is 6.20 Å². The largest absolute Gasteiger partial charge is 0.486 e. The first-order chi connectivity index (χ1) is 9.81. The van der Waals surface area contributed by atoms with E-state index in [1.54, 1.807) is 29.9 Å². The molecule has 5 heteroatoms. The van der Waals surface area contributed by atoms with Crippen molar-refractivity contribution in [2.45, 2.75) is 13.5 Å². The molecule has 100 valence electrons. The van der Waals surface area contributed by atoms with E-state index in [-0.39, 0.29) is 0 Å². The third kappa shape index (κ3) is 3.00. The third-order valence-corrected chi connectivity index (χ3v) is 3.58. The van der Waals surface area contributed by atoms with Crippen molar-refractivity contribution in [2.75, 3.05) is 0 Å². The van der Waals surface area contributed by atoms with E-state index in [4.69, 9.17) is 4.74 Å². The standard InChI is InChI=1S/C15H13N3OS/c1-11-2-4-12(5-3-11)19-9-15-18-14(10-20-15)13-8-16-6-7-17-13/h2-8,10H,9H2,1H3. The van der Waals surface area contributed by atoms with Gasteiger partial charge in [0.15, 0.2) is 0 Å². The smallest absolute Gasteiger partial charge is 0.140 e. The Morgan fingerprint density at radius 3 is 2.70 bits per heavy atom. The van der Waals surface area contributed by atoms with Crippen LogP contribution in [0.2, 0.25) is 0 Å². The summed E-state index contributed by atoms with van der Waals surface area (Å²) in [5, 5.41) is 2.89. The number of aromatic nitrogens is 3. The first-order valence-corrected chi connectivity index (χ1v) is 7.09. The molecule has 4 nitrogen and oxygen atoms in total. The Morgan fingerprint density at radius 2 is 1.95 bits per heavy atom. The average Bonchev–Trinajstić information content (AvgIpc) is 2.97. The number of hydrogen-bond acceptors (Lipinski definition) is 5. The van der Waals surface area contributed by atoms with Crippen LogP contribution in [0.5, 0.6) is 5.75 Å². The van der Waals surface area contributed by atoms with Crippen molar-refractivity contribution in [3.05, 3.63) is 58.8 Å². The number of hydrogen-bond donors (Lipinski definition) is 0. The molecular weight excluding hydrogens is 270 g/mol. The van der Waals surface area contributed by atoms with Crippen LogP contribution in [0.3, 0.4) is 0 Å². The summed E-state index contributed by atoms with van der Waals surface area (Å²) in [4.78, 5) is 12.8. The van der Waals surface area contributed by atoms with Gasteiger partial charge in [0.1, 0.15) is 28.8 Å². The summed E-state index contributed by atoms with van der Waals surface area (Å²) in [5.74, 6) is 0.854. The fourth-order valence-corrected chi connectivity index (χ4v) is 2.40. The minimum atomic E-state index is 0.466. The molecule has 0 spiro atoms. The molecule has 0 fully saturated rings. The van der Waals surface area contributed by atoms with Crippen molar-refractivity contribution in [3.8, 4) is 17.1 Å². The van der Waals surface area contributed by atoms with Gasteiger partial charge < -0.3 is 4.74 Å². The molecule has 0 atom stereocenters. The Labute approximate surface area is 121 Å². The molecule has 0 aliphatic carbocycles. The normalized spacial score (nSPS) is 10.4. The second-order valence-electron chi connectivity index (χ2n) is 4.32. The van der Waals surface area contributed by atoms with E-state index in [2.05, 4.69) is 21.9 Å². The van der Waals surface area contributed by atoms with Gasteiger partial charge in [-0.1, -0.05) is 17.7 Å². The van der Waals surface area contributed by atoms with E-state index < -0.39 is 0 Å². The zero-order valence-electron chi connectivity index (χ0n) is 11.0. The van der Waals surface area contributed by atoms with Gasteiger partial charge in [-0.15, -0.1) is 11.3 Å². The van der Waals surface area contributed by atoms with Crippen LogP contribution in [0.1, 0.15) is 10.6 Å². The Morgan fingerprint density at radius 1 is 1.10 bits per heavy atom. The maximum absolute atomic E-state index is 5.71. The van der Waals surface area contributed by atoms with Gasteiger partial charge in [-0.25, -0.2) is 4.98 Å². The van der Waals surface area contributed by atoms with Gasteiger partial charge in [0.2, 0.25) is 0 Å². The van der Waals surface area contributed by atoms with Crippen molar-refractivity contribution >= 4 is 11.3 Å². The number of nitrogens with zero attached hydrogens (tertiary/aromatic N) is 3. The van der Waals surface area contributed by atoms with Crippen molar-refractivity contribution in [1.82, 2.24) is 15.0 Å². The fourth-order valence-electron chi connectivity index (χ4n) is 1.71. The summed E-state index contributed by atoms with van der Waals surface area (Å²) in [7, 11) is 0. The van der Waals surface area contributed by atoms with Crippen molar-refractivity contribution in [2.24, 2.45) is 0 Å². The molecule has 0 radical (unpaired) electrons. The number of thiazole rings is 1. The van der Waals surface area contributed by atoms with E-state index in [1.165, 1.54) is 5.56 Å². The summed E-state index contributed by atoms with van der Waals surface area (Å²) >= 11 is 1.56. The molecule has 0 saturated heterocycles. The number of benzene rings is 1. The first kappa shape index (κ1) is 12.7. The molecule has 3 rings (SSSR count). The van der Waals surface area contributed by atoms with Gasteiger partial charge in [-0.3, -0.25) is 9.97 Å². The minimum absolute atomic E-state index is 0.466. The van der Waals surface area contributed by atoms with Crippen LogP contribution >= 0.6 is 11.3 Å². The second kappa shape index (κ2) is 5.79. The van der Waals surface area contributed by atoms with Crippen LogP contribution in [0, 0.1) is 6.92 Å². The van der Waals surface area contributed by atoms with Crippen LogP contribution in [0.4, 0.5) is 0 Å². The molecule has 0 unspecified atom stereocenters. The molecule has 0 saturated carbocycles. The lowest BCUT2D eigenvalue weighted by Crippen LogP contribution is -1.95. The van der Waals surface area contributed by atoms with Crippen LogP contribution in [0.15, 0.2) is 48.2 Å². The first-order valence-electron chi connectivity index (χ1n) is 6.21. The third-order valence-electron chi connectivity index (χ3n) is 2.76. The topological polar surface area (TPSA) is 47.9 Å². The lowest BCUT2D eigenvalue weighted by atomic mass is 10.2. The fraction of sp³-hybridized carbons (Fsp3) is 0.133. The van der Waals surface area contributed by atoms with E-state index in [0.717, 1.165) is 22.1 Å². The quantitative estimate of drug-likeness (QED) is 0.735. The molecule has 3 aromatic rings. The number of rotatable bonds is 4. The summed E-state index contributed by atoms with van der Waals surface area (Å²) in [5.41, 5.74) is 2.84. The van der Waals surface area contributed by atoms with E-state index in [0.29, 0.717) is 6.61 Å². The maximum atomic E-state index is 5.71. The molecular formula is C15H13N3OS. The van der Waals surface area contributed by atoms with Gasteiger partial charge in [-0.2, -0.15) is 0 Å². The highest BCUT2D eigenvalue weighted by Gasteiger charge is 2.06. The van der Waals surface area contributed by atoms with Crippen LogP contribution in [-0.2, 0) is 6.61 Å². The lowest BCUT2D eigenvalue weighted by Gasteiger charge is -2.03. The highest BCUT2D eigenvalue weighted by molar-refractivity contribution is 7.09. The van der Waals surface area contributed by atoms with Gasteiger partial charge in [-0.05, 0) is 19.1 Å². The van der Waals surface area contributed by atoms with Gasteiger partial charge >= 0.3 is 0 Å². The van der Waals surface area contributed by atoms with Crippen molar-refractivity contribution in [1.29, 1.82) is 0 Å². The molecule has 2 aromatic heterocycles. The van der Waals surface area contributed by atoms with E-state index >= 15 is 0 Å². The highest BCUT2D eigenvalue weighted by Crippen LogP contribution is 2.20. The van der Waals surface area contributed by atoms with Gasteiger partial charge in [0.25, 0.3) is 0 Å². The molecule has 0 aliphatic rings. The van der Waals surface area contributed by atoms with E-state index in [9.17, 15) is 0 Å². The predicted molar refractivity (Wildman–Crippen MR) is 78.7 cm³/mol. The SMILES string of the molecule is Cc1ccc(OCc2nc(-c3cnccn3)cs2)cc1. The summed E-state index contributed by atoms with van der Waals surface area (Å²) < 4.78 is 5.71. The number of aryl methyl sites for hydroxylation is 1. The monoisotopic (exact) mass is 283 g/mol. The zero-order chi connectivity index (χ0) is 13.8. The highest BCUT2D eigenvalue weighted by atomic mass is 32.1. The second-order valence-corrected chi connectivity index (χ2v) is 5.26. The summed E-state index contributed by atoms with van der Waals surface area (Å²) in [6.07, 6.45) is 5.02. The van der Waals surface area contributed by atoms with Crippen molar-refractivity contribution in [3.63, 3.8) is 0 Å². The molecule has 2 heterocycles. The molecule has 0 amide bonds.